The first-order valence-electron chi connectivity index (χ1n) is 7.85. The molecule has 0 saturated carbocycles. The molecule has 0 aliphatic heterocycles. The third-order valence-corrected chi connectivity index (χ3v) is 4.92. The number of hydrogen-bond acceptors (Lipinski definition) is 4. The van der Waals surface area contributed by atoms with Crippen molar-refractivity contribution in [2.75, 3.05) is 0 Å². The number of nitrogens with zero attached hydrogens (tertiary/aromatic N) is 3. The highest BCUT2D eigenvalue weighted by Crippen LogP contribution is 2.26. The van der Waals surface area contributed by atoms with Gasteiger partial charge >= 0.3 is 0 Å². The van der Waals surface area contributed by atoms with Crippen LogP contribution in [0.1, 0.15) is 11.4 Å². The first-order chi connectivity index (χ1) is 12.3. The summed E-state index contributed by atoms with van der Waals surface area (Å²) < 4.78 is 7.80. The number of thioether (sulfide) groups is 1. The summed E-state index contributed by atoms with van der Waals surface area (Å²) in [6.07, 6.45) is 1.83. The van der Waals surface area contributed by atoms with Crippen molar-refractivity contribution >= 4 is 23.4 Å². The van der Waals surface area contributed by atoms with Crippen molar-refractivity contribution in [3.63, 3.8) is 0 Å². The highest BCUT2D eigenvalue weighted by atomic mass is 35.5. The van der Waals surface area contributed by atoms with Gasteiger partial charge in [-0.1, -0.05) is 65.8 Å². The first-order valence-corrected chi connectivity index (χ1v) is 9.21. The van der Waals surface area contributed by atoms with Crippen LogP contribution >= 0.6 is 23.4 Å². The molecule has 2 aromatic carbocycles. The van der Waals surface area contributed by atoms with E-state index in [-0.39, 0.29) is 0 Å². The van der Waals surface area contributed by atoms with Gasteiger partial charge in [-0.05, 0) is 23.8 Å². The van der Waals surface area contributed by atoms with E-state index in [2.05, 4.69) is 16.8 Å². The van der Waals surface area contributed by atoms with E-state index in [1.807, 2.05) is 65.2 Å². The van der Waals surface area contributed by atoms with Crippen LogP contribution in [0.15, 0.2) is 72.4 Å². The van der Waals surface area contributed by atoms with Crippen LogP contribution in [0.4, 0.5) is 0 Å². The standard InChI is InChI=1S/C19H18ClN3OS/c1-2-12-23-18(13-24-16-9-4-3-5-10-16)21-22-19(23)25-14-15-8-6-7-11-17(15)20/h2-11H,1,12-14H2. The molecule has 0 aliphatic rings. The number of rotatable bonds is 8. The van der Waals surface area contributed by atoms with Crippen LogP contribution in [0, 0.1) is 0 Å². The number of allylic oxidation sites excluding steroid dienone is 1. The second kappa shape index (κ2) is 8.74. The molecule has 0 radical (unpaired) electrons. The third-order valence-electron chi connectivity index (χ3n) is 3.53. The van der Waals surface area contributed by atoms with Gasteiger partial charge in [-0.2, -0.15) is 0 Å². The SMILES string of the molecule is C=CCn1c(COc2ccccc2)nnc1SCc1ccccc1Cl. The van der Waals surface area contributed by atoms with Gasteiger partial charge in [-0.15, -0.1) is 16.8 Å². The van der Waals surface area contributed by atoms with Gasteiger partial charge in [0.2, 0.25) is 0 Å². The summed E-state index contributed by atoms with van der Waals surface area (Å²) in [6.45, 7) is 4.81. The van der Waals surface area contributed by atoms with Gasteiger partial charge in [0.15, 0.2) is 11.0 Å². The smallest absolute Gasteiger partial charge is 0.191 e. The lowest BCUT2D eigenvalue weighted by Gasteiger charge is -2.09. The summed E-state index contributed by atoms with van der Waals surface area (Å²) in [6, 6.07) is 17.5. The lowest BCUT2D eigenvalue weighted by Crippen LogP contribution is -2.07. The highest BCUT2D eigenvalue weighted by Gasteiger charge is 2.13. The van der Waals surface area contributed by atoms with Gasteiger partial charge in [-0.3, -0.25) is 4.57 Å². The fourth-order valence-electron chi connectivity index (χ4n) is 2.27. The Morgan fingerprint density at radius 3 is 2.60 bits per heavy atom. The molecule has 0 bridgehead atoms. The third kappa shape index (κ3) is 4.65. The van der Waals surface area contributed by atoms with E-state index in [4.69, 9.17) is 16.3 Å². The van der Waals surface area contributed by atoms with Crippen LogP contribution in [0.2, 0.25) is 5.02 Å². The quantitative estimate of drug-likeness (QED) is 0.413. The van der Waals surface area contributed by atoms with E-state index in [9.17, 15) is 0 Å². The molecule has 3 aromatic rings. The molecule has 0 fully saturated rings. The van der Waals surface area contributed by atoms with E-state index in [1.165, 1.54) is 0 Å². The zero-order valence-corrected chi connectivity index (χ0v) is 15.2. The average molecular weight is 372 g/mol. The summed E-state index contributed by atoms with van der Waals surface area (Å²) in [7, 11) is 0. The van der Waals surface area contributed by atoms with Crippen molar-refractivity contribution in [3.8, 4) is 5.75 Å². The molecule has 128 valence electrons. The van der Waals surface area contributed by atoms with Gasteiger partial charge in [-0.25, -0.2) is 0 Å². The largest absolute Gasteiger partial charge is 0.486 e. The molecule has 1 heterocycles. The van der Waals surface area contributed by atoms with Crippen molar-refractivity contribution in [1.29, 1.82) is 0 Å². The first kappa shape index (κ1) is 17.6. The van der Waals surface area contributed by atoms with Gasteiger partial charge in [0, 0.05) is 17.3 Å². The van der Waals surface area contributed by atoms with Gasteiger partial charge in [0.1, 0.15) is 12.4 Å². The van der Waals surface area contributed by atoms with Crippen LogP contribution in [-0.4, -0.2) is 14.8 Å². The Morgan fingerprint density at radius 1 is 1.08 bits per heavy atom. The lowest BCUT2D eigenvalue weighted by atomic mass is 10.2. The Labute approximate surface area is 156 Å². The second-order valence-electron chi connectivity index (χ2n) is 5.28. The molecule has 0 spiro atoms. The molecular formula is C19H18ClN3OS. The average Bonchev–Trinajstić information content (AvgIpc) is 3.02. The van der Waals surface area contributed by atoms with Crippen molar-refractivity contribution in [2.24, 2.45) is 0 Å². The van der Waals surface area contributed by atoms with E-state index in [0.717, 1.165) is 33.1 Å². The van der Waals surface area contributed by atoms with E-state index in [1.54, 1.807) is 11.8 Å². The Balaban J connectivity index is 1.70. The van der Waals surface area contributed by atoms with E-state index in [0.29, 0.717) is 13.2 Å². The van der Waals surface area contributed by atoms with Crippen LogP contribution in [-0.2, 0) is 18.9 Å². The topological polar surface area (TPSA) is 39.9 Å². The number of benzene rings is 2. The molecule has 1 aromatic heterocycles. The van der Waals surface area contributed by atoms with E-state index < -0.39 is 0 Å². The van der Waals surface area contributed by atoms with Crippen molar-refractivity contribution in [3.05, 3.63) is 83.7 Å². The molecule has 0 saturated heterocycles. The monoisotopic (exact) mass is 371 g/mol. The summed E-state index contributed by atoms with van der Waals surface area (Å²) in [5, 5.41) is 10.2. The Morgan fingerprint density at radius 2 is 1.84 bits per heavy atom. The fourth-order valence-corrected chi connectivity index (χ4v) is 3.52. The zero-order valence-electron chi connectivity index (χ0n) is 13.6. The predicted molar refractivity (Wildman–Crippen MR) is 102 cm³/mol. The summed E-state index contributed by atoms with van der Waals surface area (Å²) >= 11 is 7.82. The molecule has 4 nitrogen and oxygen atoms in total. The normalized spacial score (nSPS) is 10.6. The molecule has 3 rings (SSSR count). The van der Waals surface area contributed by atoms with Crippen molar-refractivity contribution in [2.45, 2.75) is 24.1 Å². The maximum Gasteiger partial charge on any atom is 0.191 e. The van der Waals surface area contributed by atoms with Crippen LogP contribution in [0.25, 0.3) is 0 Å². The van der Waals surface area contributed by atoms with Crippen LogP contribution in [0.5, 0.6) is 5.75 Å². The molecule has 0 amide bonds. The van der Waals surface area contributed by atoms with Gasteiger partial charge < -0.3 is 4.74 Å². The van der Waals surface area contributed by atoms with Crippen LogP contribution in [0.3, 0.4) is 0 Å². The minimum Gasteiger partial charge on any atom is -0.486 e. The maximum atomic E-state index is 6.22. The minimum absolute atomic E-state index is 0.359. The summed E-state index contributed by atoms with van der Waals surface area (Å²) in [5.41, 5.74) is 1.07. The van der Waals surface area contributed by atoms with Crippen molar-refractivity contribution < 1.29 is 4.74 Å². The Kier molecular flexibility index (Phi) is 6.14. The molecule has 25 heavy (non-hydrogen) atoms. The minimum atomic E-state index is 0.359. The second-order valence-corrected chi connectivity index (χ2v) is 6.63. The number of halogens is 1. The fraction of sp³-hybridized carbons (Fsp3) is 0.158. The highest BCUT2D eigenvalue weighted by molar-refractivity contribution is 7.98. The number of para-hydroxylation sites is 1. The van der Waals surface area contributed by atoms with Gasteiger partial charge in [0.25, 0.3) is 0 Å². The number of hydrogen-bond donors (Lipinski definition) is 0. The zero-order chi connectivity index (χ0) is 17.5. The molecule has 0 unspecified atom stereocenters. The molecular weight excluding hydrogens is 354 g/mol. The maximum absolute atomic E-state index is 6.22. The van der Waals surface area contributed by atoms with Gasteiger partial charge in [0.05, 0.1) is 0 Å². The summed E-state index contributed by atoms with van der Waals surface area (Å²) in [5.74, 6) is 2.31. The molecule has 6 heteroatoms. The van der Waals surface area contributed by atoms with Crippen LogP contribution < -0.4 is 4.74 Å². The Hall–Kier alpha value is -2.24. The van der Waals surface area contributed by atoms with Crippen molar-refractivity contribution in [1.82, 2.24) is 14.8 Å². The summed E-state index contributed by atoms with van der Waals surface area (Å²) in [4.78, 5) is 0. The lowest BCUT2D eigenvalue weighted by molar-refractivity contribution is 0.289. The number of ether oxygens (including phenoxy) is 1. The molecule has 0 atom stereocenters. The number of aromatic nitrogens is 3. The predicted octanol–water partition coefficient (Wildman–Crippen LogP) is 4.99. The molecule has 0 N–H and O–H groups in total. The molecule has 0 aliphatic carbocycles. The Bertz CT molecular complexity index is 836. The van der Waals surface area contributed by atoms with E-state index >= 15 is 0 Å².